The molecule has 11 heteroatoms. The van der Waals surface area contributed by atoms with Gasteiger partial charge in [-0.3, -0.25) is 20.2 Å². The molecule has 10 nitrogen and oxygen atoms in total. The van der Waals surface area contributed by atoms with Gasteiger partial charge in [-0.15, -0.1) is 5.10 Å². The molecule has 4 aromatic rings. The number of carbonyl (C=O) groups excluding carboxylic acids is 1. The Kier molecular flexibility index (Phi) is 6.11. The fraction of sp³-hybridized carbons (Fsp3) is 0.136. The zero-order valence-corrected chi connectivity index (χ0v) is 17.4. The fourth-order valence-electron chi connectivity index (χ4n) is 2.99. The molecule has 2 heterocycles. The van der Waals surface area contributed by atoms with Gasteiger partial charge in [0.05, 0.1) is 11.5 Å². The summed E-state index contributed by atoms with van der Waals surface area (Å²) in [6, 6.07) is 13.6. The van der Waals surface area contributed by atoms with Crippen molar-refractivity contribution in [3.05, 3.63) is 99.5 Å². The number of nitrogens with zero attached hydrogens (tertiary/aromatic N) is 4. The lowest BCUT2D eigenvalue weighted by atomic mass is 10.2. The Morgan fingerprint density at radius 3 is 2.76 bits per heavy atom. The van der Waals surface area contributed by atoms with Crippen molar-refractivity contribution < 1.29 is 23.3 Å². The maximum atomic E-state index is 13.0. The van der Waals surface area contributed by atoms with E-state index in [2.05, 4.69) is 15.4 Å². The van der Waals surface area contributed by atoms with E-state index in [-0.39, 0.29) is 35.6 Å². The number of ether oxygens (including phenoxy) is 1. The van der Waals surface area contributed by atoms with E-state index in [0.29, 0.717) is 12.3 Å². The van der Waals surface area contributed by atoms with Gasteiger partial charge in [-0.25, -0.2) is 14.1 Å². The Morgan fingerprint density at radius 1 is 1.21 bits per heavy atom. The summed E-state index contributed by atoms with van der Waals surface area (Å²) in [6.07, 6.45) is 1.44. The number of nitrogens with one attached hydrogen (secondary N) is 1. The molecule has 0 fully saturated rings. The average Bonchev–Trinajstić information content (AvgIpc) is 3.44. The Bertz CT molecular complexity index is 1300. The lowest BCUT2D eigenvalue weighted by molar-refractivity contribution is -0.386. The predicted molar refractivity (Wildman–Crippen MR) is 114 cm³/mol. The second-order valence-electron chi connectivity index (χ2n) is 7.13. The molecule has 1 N–H and O–H groups in total. The number of furan rings is 1. The molecule has 1 amide bonds. The Hall–Kier alpha value is -4.54. The molecule has 0 bridgehead atoms. The smallest absolute Gasteiger partial charge is 0.311 e. The lowest BCUT2D eigenvalue weighted by Crippen LogP contribution is -2.12. The number of hydrogen-bond acceptors (Lipinski definition) is 7. The largest absolute Gasteiger partial charge is 0.479 e. The van der Waals surface area contributed by atoms with Crippen LogP contribution in [0, 0.1) is 22.9 Å². The van der Waals surface area contributed by atoms with Crippen LogP contribution in [0.1, 0.15) is 27.4 Å². The molecule has 168 valence electrons. The first-order chi connectivity index (χ1) is 15.9. The summed E-state index contributed by atoms with van der Waals surface area (Å²) in [5.74, 6) is -0.408. The Labute approximate surface area is 186 Å². The van der Waals surface area contributed by atoms with Crippen molar-refractivity contribution in [1.82, 2.24) is 14.8 Å². The van der Waals surface area contributed by atoms with Gasteiger partial charge in [-0.1, -0.05) is 18.2 Å². The second-order valence-corrected chi connectivity index (χ2v) is 7.13. The van der Waals surface area contributed by atoms with Crippen LogP contribution < -0.4 is 10.1 Å². The summed E-state index contributed by atoms with van der Waals surface area (Å²) >= 11 is 0. The number of hydrogen-bond donors (Lipinski definition) is 1. The van der Waals surface area contributed by atoms with Crippen LogP contribution in [0.5, 0.6) is 5.75 Å². The molecule has 0 unspecified atom stereocenters. The Morgan fingerprint density at radius 2 is 2.00 bits per heavy atom. The summed E-state index contributed by atoms with van der Waals surface area (Å²) in [5, 5.41) is 17.9. The molecule has 0 aliphatic heterocycles. The van der Waals surface area contributed by atoms with Crippen molar-refractivity contribution in [2.24, 2.45) is 0 Å². The molecular formula is C22H18FN5O5. The van der Waals surface area contributed by atoms with Gasteiger partial charge < -0.3 is 9.15 Å². The van der Waals surface area contributed by atoms with Crippen LogP contribution >= 0.6 is 0 Å². The van der Waals surface area contributed by atoms with E-state index >= 15 is 0 Å². The van der Waals surface area contributed by atoms with Gasteiger partial charge in [-0.2, -0.15) is 0 Å². The number of anilines is 1. The summed E-state index contributed by atoms with van der Waals surface area (Å²) in [7, 11) is 0. The minimum Gasteiger partial charge on any atom is -0.479 e. The molecule has 0 atom stereocenters. The number of aryl methyl sites for hydroxylation is 1. The van der Waals surface area contributed by atoms with Crippen LogP contribution in [0.15, 0.2) is 65.3 Å². The third kappa shape index (κ3) is 5.39. The number of nitro groups is 1. The highest BCUT2D eigenvalue weighted by Gasteiger charge is 2.17. The maximum absolute atomic E-state index is 13.0. The highest BCUT2D eigenvalue weighted by Crippen LogP contribution is 2.28. The number of benzene rings is 2. The summed E-state index contributed by atoms with van der Waals surface area (Å²) in [6.45, 7) is 2.01. The molecule has 0 aliphatic rings. The van der Waals surface area contributed by atoms with Crippen LogP contribution in [0.3, 0.4) is 0 Å². The van der Waals surface area contributed by atoms with Crippen LogP contribution in [0.4, 0.5) is 16.0 Å². The van der Waals surface area contributed by atoms with E-state index in [9.17, 15) is 19.3 Å². The van der Waals surface area contributed by atoms with Crippen LogP contribution in [0.2, 0.25) is 0 Å². The van der Waals surface area contributed by atoms with Gasteiger partial charge in [0.25, 0.3) is 5.91 Å². The highest BCUT2D eigenvalue weighted by atomic mass is 19.1. The van der Waals surface area contributed by atoms with Crippen molar-refractivity contribution in [2.45, 2.75) is 20.1 Å². The number of nitro benzene ring substituents is 1. The van der Waals surface area contributed by atoms with Gasteiger partial charge >= 0.3 is 5.69 Å². The normalized spacial score (nSPS) is 10.7. The zero-order chi connectivity index (χ0) is 23.4. The Balaban J connectivity index is 1.35. The molecule has 0 saturated carbocycles. The van der Waals surface area contributed by atoms with Crippen molar-refractivity contribution in [3.63, 3.8) is 0 Å². The van der Waals surface area contributed by atoms with Gasteiger partial charge in [-0.05, 0) is 48.4 Å². The minimum atomic E-state index is -0.568. The number of rotatable bonds is 8. The molecule has 0 radical (unpaired) electrons. The SMILES string of the molecule is Cc1ccc(OCc2ccc(C(=O)Nc3ncn(Cc4ccc(F)cc4)n3)o2)c([N+](=O)[O-])c1. The van der Waals surface area contributed by atoms with Crippen molar-refractivity contribution in [3.8, 4) is 5.75 Å². The van der Waals surface area contributed by atoms with E-state index in [4.69, 9.17) is 9.15 Å². The second kappa shape index (κ2) is 9.30. The van der Waals surface area contributed by atoms with Gasteiger partial charge in [0.15, 0.2) is 11.5 Å². The predicted octanol–water partition coefficient (Wildman–Crippen LogP) is 4.11. The van der Waals surface area contributed by atoms with Crippen molar-refractivity contribution >= 4 is 17.5 Å². The van der Waals surface area contributed by atoms with Crippen LogP contribution in [-0.4, -0.2) is 25.6 Å². The summed E-state index contributed by atoms with van der Waals surface area (Å²) in [4.78, 5) is 27.1. The standard InChI is InChI=1S/C22H18FN5O5/c1-14-2-8-19(18(10-14)28(30)31)32-12-17-7-9-20(33-17)21(29)25-22-24-13-27(26-22)11-15-3-5-16(23)6-4-15/h2-10,13H,11-12H2,1H3,(H,25,26,29). The molecule has 33 heavy (non-hydrogen) atoms. The maximum Gasteiger partial charge on any atom is 0.311 e. The molecule has 0 aliphatic carbocycles. The van der Waals surface area contributed by atoms with E-state index in [0.717, 1.165) is 11.1 Å². The highest BCUT2D eigenvalue weighted by molar-refractivity contribution is 6.01. The molecule has 2 aromatic heterocycles. The number of halogens is 1. The van der Waals surface area contributed by atoms with Crippen LogP contribution in [-0.2, 0) is 13.2 Å². The van der Waals surface area contributed by atoms with E-state index in [1.165, 1.54) is 47.4 Å². The van der Waals surface area contributed by atoms with Crippen molar-refractivity contribution in [2.75, 3.05) is 5.32 Å². The van der Waals surface area contributed by atoms with Gasteiger partial charge in [0, 0.05) is 6.07 Å². The quantitative estimate of drug-likeness (QED) is 0.316. The monoisotopic (exact) mass is 451 g/mol. The third-order valence-electron chi connectivity index (χ3n) is 4.59. The van der Waals surface area contributed by atoms with Gasteiger partial charge in [0.1, 0.15) is 24.5 Å². The number of carbonyl (C=O) groups is 1. The molecule has 4 rings (SSSR count). The first kappa shape index (κ1) is 21.7. The topological polar surface area (TPSA) is 125 Å². The summed E-state index contributed by atoms with van der Waals surface area (Å²) in [5.41, 5.74) is 1.41. The lowest BCUT2D eigenvalue weighted by Gasteiger charge is -2.05. The van der Waals surface area contributed by atoms with Crippen molar-refractivity contribution in [1.29, 1.82) is 0 Å². The molecule has 2 aromatic carbocycles. The summed E-state index contributed by atoms with van der Waals surface area (Å²) < 4.78 is 25.5. The average molecular weight is 451 g/mol. The third-order valence-corrected chi connectivity index (χ3v) is 4.59. The van der Waals surface area contributed by atoms with Crippen LogP contribution in [0.25, 0.3) is 0 Å². The van der Waals surface area contributed by atoms with E-state index in [1.54, 1.807) is 25.1 Å². The minimum absolute atomic E-state index is 0.00175. The van der Waals surface area contributed by atoms with E-state index < -0.39 is 10.8 Å². The van der Waals surface area contributed by atoms with Gasteiger partial charge in [0.2, 0.25) is 5.95 Å². The molecule has 0 spiro atoms. The van der Waals surface area contributed by atoms with E-state index in [1.807, 2.05) is 0 Å². The first-order valence-electron chi connectivity index (χ1n) is 9.79. The first-order valence-corrected chi connectivity index (χ1v) is 9.79. The molecule has 0 saturated heterocycles. The number of aromatic nitrogens is 3. The molecular weight excluding hydrogens is 433 g/mol. The number of amides is 1. The fourth-order valence-corrected chi connectivity index (χ4v) is 2.99. The zero-order valence-electron chi connectivity index (χ0n) is 17.4.